The molecule has 4 heteroatoms. The minimum absolute atomic E-state index is 0. The summed E-state index contributed by atoms with van der Waals surface area (Å²) in [5, 5.41) is 8.38. The second kappa shape index (κ2) is 12.3. The second-order valence-electron chi connectivity index (χ2n) is 2.06. The number of aliphatic hydroxyl groups excluding tert-OH is 1. The van der Waals surface area contributed by atoms with E-state index in [1.165, 1.54) is 0 Å². The fourth-order valence-electron chi connectivity index (χ4n) is 0.681. The molecule has 0 aliphatic rings. The molecule has 0 saturated carbocycles. The SMILES string of the molecule is CCC[C@H](N)CCO.Cl.S. The third kappa shape index (κ3) is 11.4. The standard InChI is InChI=1S/C6H15NO.ClH.H2S/c1-2-3-6(7)4-5-8;;/h6,8H,2-5,7H2,1H3;1H;1H2/t6-;;/m0../s1. The number of hydrogen-bond acceptors (Lipinski definition) is 2. The molecule has 0 aromatic heterocycles. The van der Waals surface area contributed by atoms with E-state index in [0.29, 0.717) is 0 Å². The minimum Gasteiger partial charge on any atom is -0.396 e. The number of aliphatic hydroxyl groups is 1. The second-order valence-corrected chi connectivity index (χ2v) is 2.06. The summed E-state index contributed by atoms with van der Waals surface area (Å²) in [4.78, 5) is 0. The molecule has 2 nitrogen and oxygen atoms in total. The summed E-state index contributed by atoms with van der Waals surface area (Å²) >= 11 is 0. The van der Waals surface area contributed by atoms with Crippen molar-refractivity contribution in [3.63, 3.8) is 0 Å². The molecule has 0 heterocycles. The Morgan fingerprint density at radius 1 is 1.40 bits per heavy atom. The highest BCUT2D eigenvalue weighted by atomic mass is 35.5. The van der Waals surface area contributed by atoms with Crippen molar-refractivity contribution in [3.8, 4) is 0 Å². The lowest BCUT2D eigenvalue weighted by molar-refractivity contribution is 0.273. The molecular formula is C6H18ClNOS. The number of nitrogens with two attached hydrogens (primary N) is 1. The van der Waals surface area contributed by atoms with Crippen LogP contribution < -0.4 is 5.73 Å². The Labute approximate surface area is 76.0 Å². The zero-order valence-electron chi connectivity index (χ0n) is 6.34. The van der Waals surface area contributed by atoms with Gasteiger partial charge in [-0.1, -0.05) is 13.3 Å². The molecule has 0 rings (SSSR count). The molecule has 66 valence electrons. The lowest BCUT2D eigenvalue weighted by atomic mass is 10.1. The van der Waals surface area contributed by atoms with Crippen LogP contribution in [0.15, 0.2) is 0 Å². The highest BCUT2D eigenvalue weighted by Gasteiger charge is 1.96. The molecule has 0 radical (unpaired) electrons. The predicted molar refractivity (Wildman–Crippen MR) is 52.2 cm³/mol. The smallest absolute Gasteiger partial charge is 0.0445 e. The van der Waals surface area contributed by atoms with E-state index in [2.05, 4.69) is 6.92 Å². The monoisotopic (exact) mass is 187 g/mol. The highest BCUT2D eigenvalue weighted by Crippen LogP contribution is 1.95. The average Bonchev–Trinajstić information content (AvgIpc) is 1.68. The molecule has 0 aromatic carbocycles. The molecule has 0 aliphatic carbocycles. The van der Waals surface area contributed by atoms with Crippen LogP contribution in [0, 0.1) is 0 Å². The maximum absolute atomic E-state index is 8.38. The molecular weight excluding hydrogens is 170 g/mol. The molecule has 0 saturated heterocycles. The van der Waals surface area contributed by atoms with Crippen LogP contribution >= 0.6 is 25.9 Å². The topological polar surface area (TPSA) is 46.2 Å². The first-order valence-electron chi connectivity index (χ1n) is 3.17. The van der Waals surface area contributed by atoms with E-state index in [4.69, 9.17) is 10.8 Å². The Kier molecular flexibility index (Phi) is 20.7. The van der Waals surface area contributed by atoms with Crippen LogP contribution in [0.2, 0.25) is 0 Å². The zero-order valence-corrected chi connectivity index (χ0v) is 8.16. The van der Waals surface area contributed by atoms with Gasteiger partial charge in [0.15, 0.2) is 0 Å². The van der Waals surface area contributed by atoms with Gasteiger partial charge in [0, 0.05) is 12.6 Å². The van der Waals surface area contributed by atoms with Gasteiger partial charge in [0.2, 0.25) is 0 Å². The van der Waals surface area contributed by atoms with Crippen LogP contribution in [-0.2, 0) is 0 Å². The van der Waals surface area contributed by atoms with Gasteiger partial charge in [-0.25, -0.2) is 0 Å². The predicted octanol–water partition coefficient (Wildman–Crippen LogP) is 1.03. The molecule has 10 heavy (non-hydrogen) atoms. The lowest BCUT2D eigenvalue weighted by Crippen LogP contribution is -2.20. The normalized spacial score (nSPS) is 11.1. The van der Waals surface area contributed by atoms with Gasteiger partial charge in [-0.15, -0.1) is 12.4 Å². The van der Waals surface area contributed by atoms with E-state index in [1.807, 2.05) is 0 Å². The summed E-state index contributed by atoms with van der Waals surface area (Å²) in [5.41, 5.74) is 5.53. The Bertz CT molecular complexity index is 51.0. The van der Waals surface area contributed by atoms with Crippen molar-refractivity contribution >= 4 is 25.9 Å². The Hall–Kier alpha value is 0.560. The molecule has 0 spiro atoms. The third-order valence-electron chi connectivity index (χ3n) is 1.16. The van der Waals surface area contributed by atoms with Gasteiger partial charge in [-0.05, 0) is 12.8 Å². The fourth-order valence-corrected chi connectivity index (χ4v) is 0.681. The average molecular weight is 188 g/mol. The summed E-state index contributed by atoms with van der Waals surface area (Å²) in [7, 11) is 0. The van der Waals surface area contributed by atoms with Gasteiger partial charge in [-0.2, -0.15) is 13.5 Å². The maximum atomic E-state index is 8.38. The molecule has 0 aromatic rings. The van der Waals surface area contributed by atoms with E-state index in [1.54, 1.807) is 0 Å². The van der Waals surface area contributed by atoms with E-state index >= 15 is 0 Å². The number of hydrogen-bond donors (Lipinski definition) is 2. The van der Waals surface area contributed by atoms with Crippen molar-refractivity contribution < 1.29 is 5.11 Å². The van der Waals surface area contributed by atoms with Gasteiger partial charge in [0.25, 0.3) is 0 Å². The zero-order chi connectivity index (χ0) is 6.41. The molecule has 0 amide bonds. The van der Waals surface area contributed by atoms with Crippen LogP contribution in [0.4, 0.5) is 0 Å². The largest absolute Gasteiger partial charge is 0.396 e. The van der Waals surface area contributed by atoms with Gasteiger partial charge >= 0.3 is 0 Å². The van der Waals surface area contributed by atoms with Gasteiger partial charge in [0.05, 0.1) is 0 Å². The summed E-state index contributed by atoms with van der Waals surface area (Å²) in [6.45, 7) is 2.32. The first-order valence-corrected chi connectivity index (χ1v) is 3.17. The van der Waals surface area contributed by atoms with Crippen molar-refractivity contribution in [1.29, 1.82) is 0 Å². The highest BCUT2D eigenvalue weighted by molar-refractivity contribution is 7.59. The summed E-state index contributed by atoms with van der Waals surface area (Å²) in [5.74, 6) is 0. The van der Waals surface area contributed by atoms with Crippen LogP contribution in [0.1, 0.15) is 26.2 Å². The van der Waals surface area contributed by atoms with E-state index in [-0.39, 0.29) is 38.6 Å². The van der Waals surface area contributed by atoms with Gasteiger partial charge in [0.1, 0.15) is 0 Å². The number of halogens is 1. The van der Waals surface area contributed by atoms with Gasteiger partial charge in [-0.3, -0.25) is 0 Å². The Balaban J connectivity index is -0.000000245. The minimum atomic E-state index is 0. The van der Waals surface area contributed by atoms with E-state index in [9.17, 15) is 0 Å². The molecule has 0 aliphatic heterocycles. The van der Waals surface area contributed by atoms with Crippen LogP contribution in [-0.4, -0.2) is 17.8 Å². The summed E-state index contributed by atoms with van der Waals surface area (Å²) in [6, 6.07) is 0.213. The van der Waals surface area contributed by atoms with E-state index < -0.39 is 0 Å². The summed E-state index contributed by atoms with van der Waals surface area (Å²) < 4.78 is 0. The van der Waals surface area contributed by atoms with Gasteiger partial charge < -0.3 is 10.8 Å². The fraction of sp³-hybridized carbons (Fsp3) is 1.00. The van der Waals surface area contributed by atoms with Crippen LogP contribution in [0.3, 0.4) is 0 Å². The van der Waals surface area contributed by atoms with Crippen molar-refractivity contribution in [3.05, 3.63) is 0 Å². The molecule has 1 atom stereocenters. The quantitative estimate of drug-likeness (QED) is 0.691. The van der Waals surface area contributed by atoms with Crippen LogP contribution in [0.5, 0.6) is 0 Å². The van der Waals surface area contributed by atoms with Crippen molar-refractivity contribution in [1.82, 2.24) is 0 Å². The maximum Gasteiger partial charge on any atom is 0.0445 e. The Morgan fingerprint density at radius 2 is 1.90 bits per heavy atom. The van der Waals surface area contributed by atoms with Crippen LogP contribution in [0.25, 0.3) is 0 Å². The summed E-state index contributed by atoms with van der Waals surface area (Å²) in [6.07, 6.45) is 2.88. The van der Waals surface area contributed by atoms with Crippen molar-refractivity contribution in [2.75, 3.05) is 6.61 Å². The lowest BCUT2D eigenvalue weighted by Gasteiger charge is -2.05. The molecule has 0 bridgehead atoms. The first-order chi connectivity index (χ1) is 3.81. The molecule has 0 fully saturated rings. The van der Waals surface area contributed by atoms with Crippen molar-refractivity contribution in [2.24, 2.45) is 5.73 Å². The number of rotatable bonds is 4. The first kappa shape index (κ1) is 16.9. The van der Waals surface area contributed by atoms with E-state index in [0.717, 1.165) is 19.3 Å². The third-order valence-corrected chi connectivity index (χ3v) is 1.16. The van der Waals surface area contributed by atoms with Crippen molar-refractivity contribution in [2.45, 2.75) is 32.2 Å². The molecule has 0 unspecified atom stereocenters. The molecule has 3 N–H and O–H groups in total. The Morgan fingerprint density at radius 3 is 2.20 bits per heavy atom.